The molecule has 0 atom stereocenters. The molecule has 0 aliphatic rings. The monoisotopic (exact) mass is 264 g/mol. The van der Waals surface area contributed by atoms with Crippen LogP contribution in [0.5, 0.6) is 0 Å². The zero-order valence-electron chi connectivity index (χ0n) is 9.55. The molecule has 1 aromatic carbocycles. The molecule has 4 N–H and O–H groups in total. The van der Waals surface area contributed by atoms with Crippen LogP contribution in [0.1, 0.15) is 11.5 Å². The summed E-state index contributed by atoms with van der Waals surface area (Å²) >= 11 is 5.88. The molecule has 0 aliphatic carbocycles. The van der Waals surface area contributed by atoms with Crippen LogP contribution in [0.15, 0.2) is 48.6 Å². The van der Waals surface area contributed by atoms with E-state index in [1.807, 2.05) is 6.07 Å². The number of nitrogens with two attached hydrogens (primary N) is 2. The van der Waals surface area contributed by atoms with Crippen LogP contribution in [0.4, 0.5) is 0 Å². The highest BCUT2D eigenvalue weighted by molar-refractivity contribution is 6.30. The minimum atomic E-state index is -0.561. The molecular weight excluding hydrogens is 252 g/mol. The molecule has 0 unspecified atom stereocenters. The summed E-state index contributed by atoms with van der Waals surface area (Å²) in [6.07, 6.45) is 5.62. The van der Waals surface area contributed by atoms with Gasteiger partial charge in [-0.05, 0) is 29.8 Å². The number of halogens is 1. The van der Waals surface area contributed by atoms with E-state index in [1.165, 1.54) is 12.2 Å². The highest BCUT2D eigenvalue weighted by atomic mass is 35.5. The molecule has 0 radical (unpaired) electrons. The lowest BCUT2D eigenvalue weighted by Crippen LogP contribution is -2.08. The van der Waals surface area contributed by atoms with Crippen LogP contribution in [0.2, 0.25) is 5.02 Å². The zero-order valence-corrected chi connectivity index (χ0v) is 10.3. The van der Waals surface area contributed by atoms with E-state index in [-0.39, 0.29) is 5.92 Å². The van der Waals surface area contributed by atoms with E-state index < -0.39 is 11.8 Å². The second-order valence-electron chi connectivity index (χ2n) is 3.60. The molecule has 0 heterocycles. The maximum Gasteiger partial charge on any atom is 0.241 e. The number of allylic oxidation sites excluding steroid dienone is 2. The molecule has 1 aromatic rings. The molecule has 94 valence electrons. The molecule has 1 rings (SSSR count). The molecular formula is C13H13ClN2O2. The topological polar surface area (TPSA) is 86.2 Å². The van der Waals surface area contributed by atoms with Crippen LogP contribution in [-0.2, 0) is 9.59 Å². The molecule has 18 heavy (non-hydrogen) atoms. The largest absolute Gasteiger partial charge is 0.366 e. The summed E-state index contributed by atoms with van der Waals surface area (Å²) in [5, 5.41) is 0.567. The summed E-state index contributed by atoms with van der Waals surface area (Å²) in [7, 11) is 0. The summed E-state index contributed by atoms with van der Waals surface area (Å²) in [6, 6.07) is 7.08. The summed E-state index contributed by atoms with van der Waals surface area (Å²) in [4.78, 5) is 21.5. The Hall–Kier alpha value is -2.07. The Bertz CT molecular complexity index is 485. The number of primary amides is 2. The van der Waals surface area contributed by atoms with E-state index >= 15 is 0 Å². The van der Waals surface area contributed by atoms with Gasteiger partial charge in [0.15, 0.2) is 0 Å². The fraction of sp³-hybridized carbons (Fsp3) is 0.0769. The van der Waals surface area contributed by atoms with Gasteiger partial charge in [-0.2, -0.15) is 0 Å². The average molecular weight is 265 g/mol. The predicted molar refractivity (Wildman–Crippen MR) is 70.9 cm³/mol. The van der Waals surface area contributed by atoms with E-state index in [2.05, 4.69) is 0 Å². The molecule has 0 saturated carbocycles. The van der Waals surface area contributed by atoms with Crippen molar-refractivity contribution in [3.05, 3.63) is 59.2 Å². The van der Waals surface area contributed by atoms with E-state index in [0.717, 1.165) is 5.56 Å². The summed E-state index contributed by atoms with van der Waals surface area (Å²) in [5.41, 5.74) is 10.9. The number of carbonyl (C=O) groups excluding carboxylic acids is 2. The van der Waals surface area contributed by atoms with Crippen molar-refractivity contribution < 1.29 is 9.59 Å². The summed E-state index contributed by atoms with van der Waals surface area (Å²) in [6.45, 7) is 0. The first-order chi connectivity index (χ1) is 8.49. The molecule has 0 bridgehead atoms. The number of amides is 2. The van der Waals surface area contributed by atoms with E-state index in [0.29, 0.717) is 5.02 Å². The van der Waals surface area contributed by atoms with Gasteiger partial charge < -0.3 is 11.5 Å². The third-order valence-corrected chi connectivity index (χ3v) is 2.40. The van der Waals surface area contributed by atoms with Crippen LogP contribution in [-0.4, -0.2) is 11.8 Å². The Labute approximate surface area is 110 Å². The third-order valence-electron chi connectivity index (χ3n) is 2.17. The Morgan fingerprint density at radius 1 is 1.11 bits per heavy atom. The predicted octanol–water partition coefficient (Wildman–Crippen LogP) is 1.51. The number of hydrogen-bond donors (Lipinski definition) is 2. The Kier molecular flexibility index (Phi) is 5.14. The minimum absolute atomic E-state index is 0.288. The lowest BCUT2D eigenvalue weighted by Gasteiger charge is -2.08. The number of hydrogen-bond acceptors (Lipinski definition) is 2. The van der Waals surface area contributed by atoms with Gasteiger partial charge in [-0.15, -0.1) is 0 Å². The first-order valence-corrected chi connectivity index (χ1v) is 5.57. The SMILES string of the molecule is NC(=O)/C=C/C(/C=C/C(N)=O)c1cccc(Cl)c1. The van der Waals surface area contributed by atoms with Crippen LogP contribution >= 0.6 is 11.6 Å². The van der Waals surface area contributed by atoms with Crippen molar-refractivity contribution in [2.75, 3.05) is 0 Å². The van der Waals surface area contributed by atoms with Crippen molar-refractivity contribution in [3.8, 4) is 0 Å². The minimum Gasteiger partial charge on any atom is -0.366 e. The van der Waals surface area contributed by atoms with Gasteiger partial charge in [-0.1, -0.05) is 35.9 Å². The smallest absolute Gasteiger partial charge is 0.241 e. The number of carbonyl (C=O) groups is 2. The second-order valence-corrected chi connectivity index (χ2v) is 4.04. The molecule has 0 aromatic heterocycles. The van der Waals surface area contributed by atoms with Crippen molar-refractivity contribution in [1.82, 2.24) is 0 Å². The van der Waals surface area contributed by atoms with Crippen molar-refractivity contribution in [2.24, 2.45) is 11.5 Å². The zero-order chi connectivity index (χ0) is 13.5. The van der Waals surface area contributed by atoms with Gasteiger partial charge in [0, 0.05) is 10.9 Å². The fourth-order valence-corrected chi connectivity index (χ4v) is 1.60. The molecule has 5 heteroatoms. The highest BCUT2D eigenvalue weighted by Gasteiger charge is 2.05. The lowest BCUT2D eigenvalue weighted by atomic mass is 9.98. The second kappa shape index (κ2) is 6.61. The van der Waals surface area contributed by atoms with Gasteiger partial charge in [0.2, 0.25) is 11.8 Å². The van der Waals surface area contributed by atoms with Crippen molar-refractivity contribution in [1.29, 1.82) is 0 Å². The molecule has 0 aliphatic heterocycles. The third kappa shape index (κ3) is 4.84. The Morgan fingerprint density at radius 2 is 1.67 bits per heavy atom. The van der Waals surface area contributed by atoms with E-state index in [9.17, 15) is 9.59 Å². The maximum atomic E-state index is 10.7. The van der Waals surface area contributed by atoms with Gasteiger partial charge in [-0.25, -0.2) is 0 Å². The maximum absolute atomic E-state index is 10.7. The van der Waals surface area contributed by atoms with E-state index in [1.54, 1.807) is 30.4 Å². The van der Waals surface area contributed by atoms with Crippen molar-refractivity contribution >= 4 is 23.4 Å². The van der Waals surface area contributed by atoms with Crippen LogP contribution in [0.25, 0.3) is 0 Å². The summed E-state index contributed by atoms with van der Waals surface area (Å²) in [5.74, 6) is -1.41. The first kappa shape index (κ1) is 14.0. The first-order valence-electron chi connectivity index (χ1n) is 5.20. The van der Waals surface area contributed by atoms with Gasteiger partial charge in [0.25, 0.3) is 0 Å². The average Bonchev–Trinajstić information content (AvgIpc) is 2.28. The molecule has 0 saturated heterocycles. The number of rotatable bonds is 5. The fourth-order valence-electron chi connectivity index (χ4n) is 1.40. The lowest BCUT2D eigenvalue weighted by molar-refractivity contribution is -0.114. The Morgan fingerprint density at radius 3 is 2.11 bits per heavy atom. The highest BCUT2D eigenvalue weighted by Crippen LogP contribution is 2.22. The molecule has 2 amide bonds. The number of benzene rings is 1. The normalized spacial score (nSPS) is 11.4. The van der Waals surface area contributed by atoms with Gasteiger partial charge in [0.05, 0.1) is 0 Å². The molecule has 4 nitrogen and oxygen atoms in total. The quantitative estimate of drug-likeness (QED) is 0.790. The van der Waals surface area contributed by atoms with Crippen LogP contribution < -0.4 is 11.5 Å². The summed E-state index contributed by atoms with van der Waals surface area (Å²) < 4.78 is 0. The standard InChI is InChI=1S/C13H13ClN2O2/c14-11-3-1-2-10(8-11)9(4-6-12(15)17)5-7-13(16)18/h1-9H,(H2,15,17)(H2,16,18)/b6-4+,7-5+. The molecule has 0 spiro atoms. The van der Waals surface area contributed by atoms with Crippen LogP contribution in [0.3, 0.4) is 0 Å². The molecule has 0 fully saturated rings. The van der Waals surface area contributed by atoms with Gasteiger partial charge >= 0.3 is 0 Å². The van der Waals surface area contributed by atoms with Gasteiger partial charge in [0.1, 0.15) is 0 Å². The van der Waals surface area contributed by atoms with Crippen molar-refractivity contribution in [3.63, 3.8) is 0 Å². The van der Waals surface area contributed by atoms with Crippen molar-refractivity contribution in [2.45, 2.75) is 5.92 Å². The Balaban J connectivity index is 3.03. The van der Waals surface area contributed by atoms with Crippen LogP contribution in [0, 0.1) is 0 Å². The van der Waals surface area contributed by atoms with Gasteiger partial charge in [-0.3, -0.25) is 9.59 Å². The van der Waals surface area contributed by atoms with E-state index in [4.69, 9.17) is 23.1 Å².